The summed E-state index contributed by atoms with van der Waals surface area (Å²) in [5.74, 6) is -0.332. The highest BCUT2D eigenvalue weighted by atomic mass is 16.5. The molecule has 4 atom stereocenters. The minimum absolute atomic E-state index is 0.0280. The van der Waals surface area contributed by atoms with Gasteiger partial charge >= 0.3 is 0 Å². The molecule has 3 aromatic rings. The van der Waals surface area contributed by atoms with Crippen LogP contribution in [-0.2, 0) is 11.2 Å². The second kappa shape index (κ2) is 9.56. The van der Waals surface area contributed by atoms with Crippen molar-refractivity contribution >= 4 is 5.78 Å². The Balaban J connectivity index is 1.61. The Hall–Kier alpha value is -3.13. The number of ketones is 1. The lowest BCUT2D eigenvalue weighted by Gasteiger charge is -2.37. The molecule has 3 N–H and O–H groups in total. The molecule has 3 heterocycles. The predicted octanol–water partition coefficient (Wildman–Crippen LogP) is 2.82. The highest BCUT2D eigenvalue weighted by Crippen LogP contribution is 2.34. The standard InChI is InChI=1S/C25H26N2O5/c1-2-22-25(31)21(29)11-23(32-22)17-8-9-26-12-16(17)10-20(28)19-14-27-13-18(24(19)30)15-6-4-3-5-7-15/h3-9,12-14,21-23,25,29,31H,2,10-11H2,1H3,(H,27,30)/t21-,22-,23-,25+/m1/s1. The second-order valence-electron chi connectivity index (χ2n) is 8.02. The smallest absolute Gasteiger partial charge is 0.200 e. The van der Waals surface area contributed by atoms with Crippen molar-refractivity contribution < 1.29 is 19.7 Å². The molecule has 1 aliphatic heterocycles. The van der Waals surface area contributed by atoms with Crippen molar-refractivity contribution in [1.82, 2.24) is 9.97 Å². The number of carbonyl (C=O) groups is 1. The Morgan fingerprint density at radius 1 is 1.19 bits per heavy atom. The Kier molecular flexibility index (Phi) is 6.60. The molecule has 166 valence electrons. The number of aliphatic hydroxyl groups is 2. The number of hydrogen-bond acceptors (Lipinski definition) is 6. The number of aromatic nitrogens is 2. The van der Waals surface area contributed by atoms with Crippen molar-refractivity contribution in [1.29, 1.82) is 0 Å². The molecule has 0 unspecified atom stereocenters. The van der Waals surface area contributed by atoms with Crippen molar-refractivity contribution in [3.8, 4) is 11.1 Å². The third-order valence-corrected chi connectivity index (χ3v) is 5.94. The number of hydrogen-bond donors (Lipinski definition) is 3. The quantitative estimate of drug-likeness (QED) is 0.514. The summed E-state index contributed by atoms with van der Waals surface area (Å²) in [4.78, 5) is 33.2. The molecule has 1 aliphatic rings. The molecule has 1 saturated heterocycles. The van der Waals surface area contributed by atoms with Gasteiger partial charge in [0, 0.05) is 43.2 Å². The largest absolute Gasteiger partial charge is 0.390 e. The van der Waals surface area contributed by atoms with Gasteiger partial charge in [-0.3, -0.25) is 14.6 Å². The Labute approximate surface area is 185 Å². The van der Waals surface area contributed by atoms with E-state index in [2.05, 4.69) is 9.97 Å². The van der Waals surface area contributed by atoms with Gasteiger partial charge in [-0.15, -0.1) is 0 Å². The van der Waals surface area contributed by atoms with Crippen LogP contribution < -0.4 is 5.43 Å². The Morgan fingerprint density at radius 2 is 1.97 bits per heavy atom. The molecule has 0 radical (unpaired) electrons. The number of nitrogens with one attached hydrogen (secondary N) is 1. The van der Waals surface area contributed by atoms with Crippen molar-refractivity contribution in [2.45, 2.75) is 50.6 Å². The van der Waals surface area contributed by atoms with Crippen LogP contribution in [-0.4, -0.2) is 44.3 Å². The van der Waals surface area contributed by atoms with Crippen LogP contribution in [0.4, 0.5) is 0 Å². The molecule has 4 rings (SSSR count). The maximum atomic E-state index is 13.1. The average molecular weight is 434 g/mol. The fraction of sp³-hybridized carbons (Fsp3) is 0.320. The van der Waals surface area contributed by atoms with Crippen molar-refractivity contribution in [2.24, 2.45) is 0 Å². The molecule has 0 spiro atoms. The van der Waals surface area contributed by atoms with Gasteiger partial charge in [0.2, 0.25) is 0 Å². The molecule has 1 fully saturated rings. The number of carbonyl (C=O) groups excluding carboxylic acids is 1. The summed E-state index contributed by atoms with van der Waals surface area (Å²) >= 11 is 0. The summed E-state index contributed by atoms with van der Waals surface area (Å²) in [7, 11) is 0. The molecule has 1 aromatic carbocycles. The third-order valence-electron chi connectivity index (χ3n) is 5.94. The Bertz CT molecular complexity index is 1140. The van der Waals surface area contributed by atoms with Crippen molar-refractivity contribution in [2.75, 3.05) is 0 Å². The van der Waals surface area contributed by atoms with Crippen molar-refractivity contribution in [3.63, 3.8) is 0 Å². The number of aliphatic hydroxyl groups excluding tert-OH is 2. The minimum Gasteiger partial charge on any atom is -0.390 e. The fourth-order valence-corrected chi connectivity index (χ4v) is 4.18. The van der Waals surface area contributed by atoms with Gasteiger partial charge in [0.05, 0.1) is 23.9 Å². The molecule has 2 aromatic heterocycles. The van der Waals surface area contributed by atoms with Gasteiger partial charge in [0.1, 0.15) is 6.10 Å². The summed E-state index contributed by atoms with van der Waals surface area (Å²) in [5.41, 5.74) is 2.27. The van der Waals surface area contributed by atoms with E-state index in [1.165, 1.54) is 6.20 Å². The molecular formula is C25H26N2O5. The van der Waals surface area contributed by atoms with Gasteiger partial charge in [-0.05, 0) is 29.2 Å². The molecule has 0 bridgehead atoms. The summed E-state index contributed by atoms with van der Waals surface area (Å²) in [6.45, 7) is 1.88. The first-order valence-electron chi connectivity index (χ1n) is 10.7. The van der Waals surface area contributed by atoms with E-state index < -0.39 is 24.4 Å². The number of rotatable bonds is 6. The first-order chi connectivity index (χ1) is 15.5. The van der Waals surface area contributed by atoms with Gasteiger partial charge in [-0.25, -0.2) is 0 Å². The number of benzene rings is 1. The zero-order valence-electron chi connectivity index (χ0n) is 17.8. The molecule has 7 nitrogen and oxygen atoms in total. The SMILES string of the molecule is CC[C@H]1O[C@@H](c2ccncc2CC(=O)c2c[nH]cc(-c3ccccc3)c2=O)C[C@@H](O)[C@@H]1O. The summed E-state index contributed by atoms with van der Waals surface area (Å²) in [6.07, 6.45) is 4.13. The van der Waals surface area contributed by atoms with Crippen LogP contribution in [0.25, 0.3) is 11.1 Å². The number of Topliss-reactive ketones (excluding diaryl/α,β-unsaturated/α-hetero) is 1. The van der Waals surface area contributed by atoms with Crippen LogP contribution in [0.5, 0.6) is 0 Å². The molecular weight excluding hydrogens is 408 g/mol. The lowest BCUT2D eigenvalue weighted by Crippen LogP contribution is -2.45. The summed E-state index contributed by atoms with van der Waals surface area (Å²) in [6, 6.07) is 10.9. The van der Waals surface area contributed by atoms with Gasteiger partial charge in [0.15, 0.2) is 11.2 Å². The molecule has 0 amide bonds. The number of aromatic amines is 1. The van der Waals surface area contributed by atoms with Crippen molar-refractivity contribution in [3.05, 3.63) is 88.1 Å². The first kappa shape index (κ1) is 22.1. The van der Waals surface area contributed by atoms with Crippen LogP contribution in [0.1, 0.15) is 47.4 Å². The molecule has 0 saturated carbocycles. The minimum atomic E-state index is -0.942. The maximum absolute atomic E-state index is 13.1. The number of H-pyrrole nitrogens is 1. The lowest BCUT2D eigenvalue weighted by molar-refractivity contribution is -0.171. The third kappa shape index (κ3) is 4.41. The van der Waals surface area contributed by atoms with Crippen LogP contribution in [0.15, 0.2) is 66.0 Å². The summed E-state index contributed by atoms with van der Waals surface area (Å²) < 4.78 is 6.02. The van der Waals surface area contributed by atoms with E-state index in [1.54, 1.807) is 24.7 Å². The zero-order valence-corrected chi connectivity index (χ0v) is 17.8. The van der Waals surface area contributed by atoms with E-state index in [9.17, 15) is 19.8 Å². The lowest BCUT2D eigenvalue weighted by atomic mass is 9.90. The highest BCUT2D eigenvalue weighted by molar-refractivity contribution is 5.98. The average Bonchev–Trinajstić information content (AvgIpc) is 2.82. The van der Waals surface area contributed by atoms with E-state index >= 15 is 0 Å². The van der Waals surface area contributed by atoms with E-state index in [0.29, 0.717) is 17.5 Å². The van der Waals surface area contributed by atoms with E-state index in [-0.39, 0.29) is 29.6 Å². The topological polar surface area (TPSA) is 113 Å². The van der Waals surface area contributed by atoms with Gasteiger partial charge in [-0.1, -0.05) is 37.3 Å². The monoisotopic (exact) mass is 434 g/mol. The van der Waals surface area contributed by atoms with Crippen LogP contribution >= 0.6 is 0 Å². The second-order valence-corrected chi connectivity index (χ2v) is 8.02. The number of nitrogens with zero attached hydrogens (tertiary/aromatic N) is 1. The molecule has 32 heavy (non-hydrogen) atoms. The van der Waals surface area contributed by atoms with E-state index in [0.717, 1.165) is 11.1 Å². The van der Waals surface area contributed by atoms with Crippen LogP contribution in [0.2, 0.25) is 0 Å². The number of pyridine rings is 2. The molecule has 7 heteroatoms. The first-order valence-corrected chi connectivity index (χ1v) is 10.7. The van der Waals surface area contributed by atoms with Gasteiger partial charge < -0.3 is 19.9 Å². The fourth-order valence-electron chi connectivity index (χ4n) is 4.18. The maximum Gasteiger partial charge on any atom is 0.200 e. The zero-order chi connectivity index (χ0) is 22.7. The predicted molar refractivity (Wildman–Crippen MR) is 119 cm³/mol. The van der Waals surface area contributed by atoms with E-state index in [1.807, 2.05) is 37.3 Å². The molecule has 0 aliphatic carbocycles. The van der Waals surface area contributed by atoms with Gasteiger partial charge in [-0.2, -0.15) is 0 Å². The van der Waals surface area contributed by atoms with Gasteiger partial charge in [0.25, 0.3) is 0 Å². The van der Waals surface area contributed by atoms with Crippen LogP contribution in [0.3, 0.4) is 0 Å². The number of ether oxygens (including phenoxy) is 1. The Morgan fingerprint density at radius 3 is 2.72 bits per heavy atom. The normalized spacial score (nSPS) is 23.1. The van der Waals surface area contributed by atoms with Crippen LogP contribution in [0, 0.1) is 0 Å². The van der Waals surface area contributed by atoms with E-state index in [4.69, 9.17) is 4.74 Å². The summed E-state index contributed by atoms with van der Waals surface area (Å²) in [5, 5.41) is 20.4. The highest BCUT2D eigenvalue weighted by Gasteiger charge is 2.37.